The number of nitrogens with zero attached hydrogens (tertiary/aromatic N) is 3. The maximum Gasteiger partial charge on any atom is 0.222 e. The topological polar surface area (TPSA) is 71.1 Å². The van der Waals surface area contributed by atoms with E-state index >= 15 is 0 Å². The summed E-state index contributed by atoms with van der Waals surface area (Å²) < 4.78 is 5.27. The van der Waals surface area contributed by atoms with Crippen molar-refractivity contribution in [2.24, 2.45) is 0 Å². The number of fused-ring (bicyclic) bond motifs is 1. The van der Waals surface area contributed by atoms with Crippen LogP contribution in [0.15, 0.2) is 55.1 Å². The molecule has 1 N–H and O–H groups in total. The highest BCUT2D eigenvalue weighted by Crippen LogP contribution is 2.32. The summed E-state index contributed by atoms with van der Waals surface area (Å²) in [5.74, 6) is 1.11. The van der Waals surface area contributed by atoms with Crippen LogP contribution in [0.2, 0.25) is 0 Å². The third kappa shape index (κ3) is 4.47. The highest BCUT2D eigenvalue weighted by atomic mass is 16.5. The zero-order chi connectivity index (χ0) is 20.1. The van der Waals surface area contributed by atoms with E-state index in [0.717, 1.165) is 42.0 Å². The van der Waals surface area contributed by atoms with Gasteiger partial charge in [-0.15, -0.1) is 0 Å². The van der Waals surface area contributed by atoms with E-state index in [-0.39, 0.29) is 11.8 Å². The largest absolute Gasteiger partial charge is 0.497 e. The van der Waals surface area contributed by atoms with Gasteiger partial charge >= 0.3 is 0 Å². The van der Waals surface area contributed by atoms with E-state index in [9.17, 15) is 4.79 Å². The lowest BCUT2D eigenvalue weighted by molar-refractivity contribution is -0.132. The first-order valence-corrected chi connectivity index (χ1v) is 10.1. The summed E-state index contributed by atoms with van der Waals surface area (Å²) in [6.07, 6.45) is 8.80. The van der Waals surface area contributed by atoms with Crippen molar-refractivity contribution in [3.8, 4) is 5.75 Å². The third-order valence-electron chi connectivity index (χ3n) is 5.53. The average Bonchev–Trinajstić information content (AvgIpc) is 3.25. The Kier molecular flexibility index (Phi) is 5.89. The van der Waals surface area contributed by atoms with Crippen LogP contribution < -0.4 is 4.74 Å². The number of aryl methyl sites for hydroxylation is 1. The second-order valence-corrected chi connectivity index (χ2v) is 7.43. The van der Waals surface area contributed by atoms with Gasteiger partial charge in [0.2, 0.25) is 5.91 Å². The van der Waals surface area contributed by atoms with Crippen LogP contribution in [0.3, 0.4) is 0 Å². The van der Waals surface area contributed by atoms with Gasteiger partial charge in [-0.25, -0.2) is 4.98 Å². The molecule has 3 heterocycles. The normalized spacial score (nSPS) is 15.8. The zero-order valence-electron chi connectivity index (χ0n) is 16.7. The van der Waals surface area contributed by atoms with Crippen LogP contribution >= 0.6 is 0 Å². The summed E-state index contributed by atoms with van der Waals surface area (Å²) in [6, 6.07) is 12.1. The molecule has 150 valence electrons. The Bertz CT molecular complexity index is 937. The van der Waals surface area contributed by atoms with Crippen LogP contribution in [0, 0.1) is 0 Å². The van der Waals surface area contributed by atoms with Gasteiger partial charge in [0.25, 0.3) is 0 Å². The smallest absolute Gasteiger partial charge is 0.222 e. The van der Waals surface area contributed by atoms with Gasteiger partial charge in [-0.05, 0) is 48.6 Å². The lowest BCUT2D eigenvalue weighted by Crippen LogP contribution is -2.38. The van der Waals surface area contributed by atoms with Crippen LogP contribution in [0.5, 0.6) is 5.75 Å². The Labute approximate surface area is 171 Å². The molecule has 3 aromatic rings. The minimum Gasteiger partial charge on any atom is -0.497 e. The van der Waals surface area contributed by atoms with E-state index in [1.54, 1.807) is 19.6 Å². The van der Waals surface area contributed by atoms with E-state index in [2.05, 4.69) is 33.2 Å². The number of ether oxygens (including phenoxy) is 1. The van der Waals surface area contributed by atoms with Gasteiger partial charge in [0.05, 0.1) is 31.4 Å². The fourth-order valence-corrected chi connectivity index (χ4v) is 3.92. The van der Waals surface area contributed by atoms with E-state index in [1.807, 2.05) is 29.3 Å². The number of amides is 1. The number of pyridine rings is 1. The third-order valence-corrected chi connectivity index (χ3v) is 5.53. The summed E-state index contributed by atoms with van der Waals surface area (Å²) >= 11 is 0. The quantitative estimate of drug-likeness (QED) is 0.625. The number of carbonyl (C=O) groups is 1. The number of carbonyl (C=O) groups excluding carboxylic acids is 1. The minimum atomic E-state index is 0.0789. The van der Waals surface area contributed by atoms with E-state index in [1.165, 1.54) is 5.56 Å². The van der Waals surface area contributed by atoms with Crippen LogP contribution in [0.4, 0.5) is 0 Å². The Morgan fingerprint density at radius 1 is 1.24 bits per heavy atom. The van der Waals surface area contributed by atoms with Crippen molar-refractivity contribution in [1.29, 1.82) is 0 Å². The number of aromatic amines is 1. The number of hydrogen-bond donors (Lipinski definition) is 1. The van der Waals surface area contributed by atoms with E-state index in [0.29, 0.717) is 19.5 Å². The maximum atomic E-state index is 12.9. The fraction of sp³-hybridized carbons (Fsp3) is 0.348. The molecular weight excluding hydrogens is 364 g/mol. The molecule has 6 heteroatoms. The van der Waals surface area contributed by atoms with Crippen LogP contribution in [0.1, 0.15) is 47.7 Å². The summed E-state index contributed by atoms with van der Waals surface area (Å²) in [6.45, 7) is 1.26. The summed E-state index contributed by atoms with van der Waals surface area (Å²) in [5.41, 5.74) is 4.43. The molecule has 0 fully saturated rings. The fourth-order valence-electron chi connectivity index (χ4n) is 3.92. The lowest BCUT2D eigenvalue weighted by Gasteiger charge is -2.32. The first kappa shape index (κ1) is 19.2. The van der Waals surface area contributed by atoms with Gasteiger partial charge < -0.3 is 14.6 Å². The molecule has 0 saturated carbocycles. The van der Waals surface area contributed by atoms with Crippen molar-refractivity contribution in [3.63, 3.8) is 0 Å². The number of aromatic nitrogens is 3. The van der Waals surface area contributed by atoms with Crippen molar-refractivity contribution >= 4 is 5.91 Å². The standard InChI is InChI=1S/C23H26N4O2/c1-29-19-10-8-18(9-11-19)20-14-27(15-21-23(20)26-16-25-21)22(28)7-3-2-5-17-6-4-12-24-13-17/h4,6,8-13,16,20H,2-3,5,7,14-15H2,1H3,(H,25,26). The van der Waals surface area contributed by atoms with Crippen molar-refractivity contribution in [2.75, 3.05) is 13.7 Å². The number of rotatable bonds is 7. The Morgan fingerprint density at radius 3 is 2.86 bits per heavy atom. The molecular formula is C23H26N4O2. The Balaban J connectivity index is 1.38. The van der Waals surface area contributed by atoms with Gasteiger partial charge in [-0.1, -0.05) is 18.2 Å². The number of unbranched alkanes of at least 4 members (excludes halogenated alkanes) is 1. The molecule has 1 atom stereocenters. The molecule has 1 aliphatic heterocycles. The highest BCUT2D eigenvalue weighted by molar-refractivity contribution is 5.76. The molecule has 1 unspecified atom stereocenters. The average molecular weight is 390 g/mol. The molecule has 4 rings (SSSR count). The number of hydrogen-bond acceptors (Lipinski definition) is 4. The summed E-state index contributed by atoms with van der Waals surface area (Å²) in [5, 5.41) is 0. The number of H-pyrrole nitrogens is 1. The lowest BCUT2D eigenvalue weighted by atomic mass is 9.90. The van der Waals surface area contributed by atoms with Gasteiger partial charge in [0.15, 0.2) is 0 Å². The predicted molar refractivity (Wildman–Crippen MR) is 111 cm³/mol. The van der Waals surface area contributed by atoms with Gasteiger partial charge in [0.1, 0.15) is 5.75 Å². The minimum absolute atomic E-state index is 0.0789. The van der Waals surface area contributed by atoms with Crippen LogP contribution in [-0.4, -0.2) is 39.4 Å². The zero-order valence-corrected chi connectivity index (χ0v) is 16.7. The molecule has 0 spiro atoms. The second kappa shape index (κ2) is 8.90. The number of imidazole rings is 1. The Hall–Kier alpha value is -3.15. The molecule has 2 aromatic heterocycles. The van der Waals surface area contributed by atoms with Crippen molar-refractivity contribution < 1.29 is 9.53 Å². The van der Waals surface area contributed by atoms with Crippen molar-refractivity contribution in [2.45, 2.75) is 38.1 Å². The Morgan fingerprint density at radius 2 is 2.10 bits per heavy atom. The first-order valence-electron chi connectivity index (χ1n) is 10.1. The molecule has 1 aliphatic rings. The first-order chi connectivity index (χ1) is 14.2. The molecule has 0 saturated heterocycles. The number of benzene rings is 1. The maximum absolute atomic E-state index is 12.9. The van der Waals surface area contributed by atoms with Gasteiger partial charge in [0, 0.05) is 31.3 Å². The highest BCUT2D eigenvalue weighted by Gasteiger charge is 2.31. The molecule has 29 heavy (non-hydrogen) atoms. The second-order valence-electron chi connectivity index (χ2n) is 7.43. The molecule has 1 aromatic carbocycles. The molecule has 0 aliphatic carbocycles. The molecule has 6 nitrogen and oxygen atoms in total. The van der Waals surface area contributed by atoms with Crippen molar-refractivity contribution in [3.05, 3.63) is 77.6 Å². The van der Waals surface area contributed by atoms with Crippen molar-refractivity contribution in [1.82, 2.24) is 19.9 Å². The van der Waals surface area contributed by atoms with E-state index in [4.69, 9.17) is 4.74 Å². The van der Waals surface area contributed by atoms with Gasteiger partial charge in [-0.2, -0.15) is 0 Å². The molecule has 1 amide bonds. The summed E-state index contributed by atoms with van der Waals surface area (Å²) in [7, 11) is 1.66. The number of nitrogens with one attached hydrogen (secondary N) is 1. The molecule has 0 bridgehead atoms. The monoisotopic (exact) mass is 390 g/mol. The van der Waals surface area contributed by atoms with Gasteiger partial charge in [-0.3, -0.25) is 9.78 Å². The molecule has 0 radical (unpaired) electrons. The number of methoxy groups -OCH3 is 1. The predicted octanol–water partition coefficient (Wildman–Crippen LogP) is 3.70. The SMILES string of the molecule is COc1ccc(C2CN(C(=O)CCCCc3cccnc3)Cc3[nH]cnc32)cc1. The van der Waals surface area contributed by atoms with Crippen LogP contribution in [0.25, 0.3) is 0 Å². The van der Waals surface area contributed by atoms with Crippen LogP contribution in [-0.2, 0) is 17.8 Å². The summed E-state index contributed by atoms with van der Waals surface area (Å²) in [4.78, 5) is 26.7. The van der Waals surface area contributed by atoms with E-state index < -0.39 is 0 Å².